The Kier molecular flexibility index (Phi) is 4.64. The molecule has 0 fully saturated rings. The van der Waals surface area contributed by atoms with E-state index in [1.807, 2.05) is 36.4 Å². The molecule has 0 aromatic heterocycles. The molecule has 18 heavy (non-hydrogen) atoms. The predicted octanol–water partition coefficient (Wildman–Crippen LogP) is 4.11. The Morgan fingerprint density at radius 3 is 2.61 bits per heavy atom. The van der Waals surface area contributed by atoms with E-state index in [0.29, 0.717) is 0 Å². The summed E-state index contributed by atoms with van der Waals surface area (Å²) in [6.07, 6.45) is 0. The van der Waals surface area contributed by atoms with E-state index in [1.54, 1.807) is 7.11 Å². The van der Waals surface area contributed by atoms with Crippen molar-refractivity contribution in [3.63, 3.8) is 0 Å². The van der Waals surface area contributed by atoms with Crippen LogP contribution in [0.4, 0.5) is 0 Å². The Balaban J connectivity index is 2.47. The molecule has 2 N–H and O–H groups in total. The molecule has 0 radical (unpaired) electrons. The second kappa shape index (κ2) is 6.04. The zero-order valence-corrected chi connectivity index (χ0v) is 13.6. The first-order chi connectivity index (χ1) is 8.63. The molecule has 2 aromatic carbocycles. The fraction of sp³-hybridized carbons (Fsp3) is 0.143. The lowest BCUT2D eigenvalue weighted by Crippen LogP contribution is -2.13. The van der Waals surface area contributed by atoms with Crippen molar-refractivity contribution >= 4 is 38.5 Å². The van der Waals surface area contributed by atoms with E-state index < -0.39 is 0 Å². The highest BCUT2D eigenvalue weighted by Crippen LogP contribution is 2.32. The van der Waals surface area contributed by atoms with Crippen LogP contribution in [0.1, 0.15) is 17.2 Å². The number of benzene rings is 2. The molecule has 4 heteroatoms. The second-order valence-electron chi connectivity index (χ2n) is 3.89. The quantitative estimate of drug-likeness (QED) is 0.762. The van der Waals surface area contributed by atoms with Crippen LogP contribution >= 0.6 is 38.5 Å². The summed E-state index contributed by atoms with van der Waals surface area (Å²) < 4.78 is 7.54. The minimum Gasteiger partial charge on any atom is -0.496 e. The monoisotopic (exact) mass is 417 g/mol. The van der Waals surface area contributed by atoms with Gasteiger partial charge in [-0.2, -0.15) is 0 Å². The molecule has 1 atom stereocenters. The Labute approximate surface area is 129 Å². The largest absolute Gasteiger partial charge is 0.496 e. The molecular weight excluding hydrogens is 405 g/mol. The lowest BCUT2D eigenvalue weighted by atomic mass is 9.99. The summed E-state index contributed by atoms with van der Waals surface area (Å²) in [7, 11) is 1.66. The van der Waals surface area contributed by atoms with Crippen LogP contribution in [0, 0.1) is 3.57 Å². The summed E-state index contributed by atoms with van der Waals surface area (Å²) in [5, 5.41) is 0. The molecule has 0 bridgehead atoms. The van der Waals surface area contributed by atoms with Gasteiger partial charge in [-0.3, -0.25) is 0 Å². The van der Waals surface area contributed by atoms with Crippen molar-refractivity contribution in [1.82, 2.24) is 0 Å². The van der Waals surface area contributed by atoms with Gasteiger partial charge in [0.05, 0.1) is 13.2 Å². The third-order valence-corrected chi connectivity index (χ3v) is 4.16. The van der Waals surface area contributed by atoms with Gasteiger partial charge in [0.25, 0.3) is 0 Å². The van der Waals surface area contributed by atoms with Gasteiger partial charge in [0.1, 0.15) is 5.75 Å². The number of hydrogen-bond acceptors (Lipinski definition) is 2. The molecule has 1 unspecified atom stereocenters. The highest BCUT2D eigenvalue weighted by molar-refractivity contribution is 14.1. The summed E-state index contributed by atoms with van der Waals surface area (Å²) in [6.45, 7) is 0. The van der Waals surface area contributed by atoms with Crippen molar-refractivity contribution in [2.45, 2.75) is 6.04 Å². The maximum absolute atomic E-state index is 6.35. The molecule has 2 rings (SSSR count). The van der Waals surface area contributed by atoms with Gasteiger partial charge in [-0.25, -0.2) is 0 Å². The molecule has 2 aromatic rings. The molecule has 0 heterocycles. The summed E-state index contributed by atoms with van der Waals surface area (Å²) in [6, 6.07) is 13.8. The number of methoxy groups -OCH3 is 1. The standard InChI is InChI=1S/C14H13BrINO/c1-18-13-5-3-2-4-10(13)14(17)11-8-9(16)6-7-12(11)15/h2-8,14H,17H2,1H3. The zero-order chi connectivity index (χ0) is 13.1. The van der Waals surface area contributed by atoms with Crippen LogP contribution in [0.15, 0.2) is 46.9 Å². The van der Waals surface area contributed by atoms with E-state index in [1.165, 1.54) is 0 Å². The van der Waals surface area contributed by atoms with E-state index in [0.717, 1.165) is 24.9 Å². The normalized spacial score (nSPS) is 12.2. The van der Waals surface area contributed by atoms with Gasteiger partial charge in [0.2, 0.25) is 0 Å². The van der Waals surface area contributed by atoms with E-state index in [-0.39, 0.29) is 6.04 Å². The number of rotatable bonds is 3. The SMILES string of the molecule is COc1ccccc1C(N)c1cc(I)ccc1Br. The maximum atomic E-state index is 6.35. The van der Waals surface area contributed by atoms with Crippen molar-refractivity contribution < 1.29 is 4.74 Å². The van der Waals surface area contributed by atoms with E-state index >= 15 is 0 Å². The molecule has 2 nitrogen and oxygen atoms in total. The fourth-order valence-electron chi connectivity index (χ4n) is 1.84. The summed E-state index contributed by atoms with van der Waals surface area (Å²) in [5.74, 6) is 0.816. The molecule has 0 aliphatic rings. The number of ether oxygens (including phenoxy) is 1. The Morgan fingerprint density at radius 1 is 1.17 bits per heavy atom. The first kappa shape index (κ1) is 13.8. The molecule has 94 valence electrons. The third-order valence-electron chi connectivity index (χ3n) is 2.77. The minimum absolute atomic E-state index is 0.203. The van der Waals surface area contributed by atoms with Crippen molar-refractivity contribution in [3.05, 3.63) is 61.6 Å². The van der Waals surface area contributed by atoms with E-state index in [4.69, 9.17) is 10.5 Å². The Morgan fingerprint density at radius 2 is 1.89 bits per heavy atom. The Hall–Kier alpha value is -0.590. The third kappa shape index (κ3) is 2.87. The predicted molar refractivity (Wildman–Crippen MR) is 85.9 cm³/mol. The molecule has 0 saturated heterocycles. The average Bonchev–Trinajstić information content (AvgIpc) is 2.40. The van der Waals surface area contributed by atoms with Crippen molar-refractivity contribution in [3.8, 4) is 5.75 Å². The molecular formula is C14H13BrINO. The Bertz CT molecular complexity index is 559. The first-order valence-corrected chi connectivity index (χ1v) is 7.34. The van der Waals surface area contributed by atoms with Crippen LogP contribution in [0.3, 0.4) is 0 Å². The highest BCUT2D eigenvalue weighted by atomic mass is 127. The molecule has 0 amide bonds. The van der Waals surface area contributed by atoms with Crippen LogP contribution in [0.5, 0.6) is 5.75 Å². The van der Waals surface area contributed by atoms with Gasteiger partial charge < -0.3 is 10.5 Å². The smallest absolute Gasteiger partial charge is 0.123 e. The number of hydrogen-bond donors (Lipinski definition) is 1. The molecule has 0 aliphatic heterocycles. The van der Waals surface area contributed by atoms with Crippen LogP contribution in [-0.2, 0) is 0 Å². The number of halogens is 2. The second-order valence-corrected chi connectivity index (χ2v) is 5.99. The minimum atomic E-state index is -0.203. The molecule has 0 saturated carbocycles. The maximum Gasteiger partial charge on any atom is 0.123 e. The average molecular weight is 418 g/mol. The van der Waals surface area contributed by atoms with Gasteiger partial charge in [-0.05, 0) is 52.4 Å². The van der Waals surface area contributed by atoms with Crippen molar-refractivity contribution in [2.75, 3.05) is 7.11 Å². The molecule has 0 spiro atoms. The lowest BCUT2D eigenvalue weighted by molar-refractivity contribution is 0.408. The van der Waals surface area contributed by atoms with Gasteiger partial charge in [-0.15, -0.1) is 0 Å². The van der Waals surface area contributed by atoms with Gasteiger partial charge >= 0.3 is 0 Å². The van der Waals surface area contributed by atoms with Gasteiger partial charge in [0.15, 0.2) is 0 Å². The zero-order valence-electron chi connectivity index (χ0n) is 9.86. The van der Waals surface area contributed by atoms with Gasteiger partial charge in [-0.1, -0.05) is 34.1 Å². The summed E-state index contributed by atoms with van der Waals surface area (Å²) >= 11 is 5.84. The fourth-order valence-corrected chi connectivity index (χ4v) is 2.85. The van der Waals surface area contributed by atoms with E-state index in [2.05, 4.69) is 44.6 Å². The number of para-hydroxylation sites is 1. The molecule has 0 aliphatic carbocycles. The summed E-state index contributed by atoms with van der Waals surface area (Å²) in [4.78, 5) is 0. The first-order valence-electron chi connectivity index (χ1n) is 5.47. The van der Waals surface area contributed by atoms with Crippen LogP contribution in [-0.4, -0.2) is 7.11 Å². The lowest BCUT2D eigenvalue weighted by Gasteiger charge is -2.17. The van der Waals surface area contributed by atoms with Crippen molar-refractivity contribution in [2.24, 2.45) is 5.73 Å². The highest BCUT2D eigenvalue weighted by Gasteiger charge is 2.16. The van der Waals surface area contributed by atoms with Crippen LogP contribution in [0.25, 0.3) is 0 Å². The van der Waals surface area contributed by atoms with Crippen LogP contribution in [0.2, 0.25) is 0 Å². The topological polar surface area (TPSA) is 35.2 Å². The van der Waals surface area contributed by atoms with Gasteiger partial charge in [0, 0.05) is 13.6 Å². The summed E-state index contributed by atoms with van der Waals surface area (Å²) in [5.41, 5.74) is 8.40. The van der Waals surface area contributed by atoms with E-state index in [9.17, 15) is 0 Å². The number of nitrogens with two attached hydrogens (primary N) is 1. The van der Waals surface area contributed by atoms with Crippen molar-refractivity contribution in [1.29, 1.82) is 0 Å². The van der Waals surface area contributed by atoms with Crippen LogP contribution < -0.4 is 10.5 Å².